The fraction of sp³-hybridized carbons (Fsp3) is 0.500. The Morgan fingerprint density at radius 2 is 2.00 bits per heavy atom. The molecule has 0 saturated carbocycles. The van der Waals surface area contributed by atoms with Gasteiger partial charge in [0, 0.05) is 31.4 Å². The van der Waals surface area contributed by atoms with Gasteiger partial charge in [-0.2, -0.15) is 4.98 Å². The van der Waals surface area contributed by atoms with E-state index in [1.807, 2.05) is 19.1 Å². The van der Waals surface area contributed by atoms with E-state index in [-0.39, 0.29) is 5.91 Å². The second kappa shape index (κ2) is 8.43. The molecule has 4 rings (SSSR count). The Morgan fingerprint density at radius 1 is 1.14 bits per heavy atom. The third-order valence-corrected chi connectivity index (χ3v) is 5.76. The van der Waals surface area contributed by atoms with Crippen molar-refractivity contribution < 1.29 is 4.79 Å². The van der Waals surface area contributed by atoms with Gasteiger partial charge in [0.2, 0.25) is 5.95 Å². The Hall–Kier alpha value is -2.22. The molecule has 2 aliphatic heterocycles. The van der Waals surface area contributed by atoms with Crippen LogP contribution in [0.15, 0.2) is 22.8 Å². The van der Waals surface area contributed by atoms with E-state index in [9.17, 15) is 4.79 Å². The van der Waals surface area contributed by atoms with E-state index in [0.717, 1.165) is 48.6 Å². The minimum absolute atomic E-state index is 0.198. The zero-order chi connectivity index (χ0) is 19.5. The van der Waals surface area contributed by atoms with Crippen molar-refractivity contribution in [2.45, 2.75) is 39.0 Å². The van der Waals surface area contributed by atoms with Gasteiger partial charge in [-0.1, -0.05) is 6.42 Å². The lowest BCUT2D eigenvalue weighted by Gasteiger charge is -2.34. The van der Waals surface area contributed by atoms with Crippen LogP contribution in [0.3, 0.4) is 0 Å². The van der Waals surface area contributed by atoms with Crippen LogP contribution in [0.5, 0.6) is 0 Å². The number of pyridine rings is 1. The van der Waals surface area contributed by atoms with Crippen molar-refractivity contribution >= 4 is 39.4 Å². The maximum Gasteiger partial charge on any atom is 0.260 e. The van der Waals surface area contributed by atoms with E-state index in [4.69, 9.17) is 0 Å². The molecular weight excluding hydrogens is 420 g/mol. The maximum atomic E-state index is 13.1. The average molecular weight is 445 g/mol. The summed E-state index contributed by atoms with van der Waals surface area (Å²) in [6, 6.07) is 5.42. The van der Waals surface area contributed by atoms with Crippen LogP contribution in [0.25, 0.3) is 0 Å². The molecule has 4 heterocycles. The van der Waals surface area contributed by atoms with E-state index in [1.54, 1.807) is 6.07 Å². The van der Waals surface area contributed by atoms with Crippen LogP contribution in [-0.2, 0) is 0 Å². The molecule has 8 heteroatoms. The minimum atomic E-state index is -0.198. The molecule has 0 spiro atoms. The van der Waals surface area contributed by atoms with Gasteiger partial charge in [-0.25, -0.2) is 9.97 Å². The lowest BCUT2D eigenvalue weighted by Crippen LogP contribution is -2.37. The quantitative estimate of drug-likeness (QED) is 0.597. The van der Waals surface area contributed by atoms with Crippen LogP contribution in [0, 0.1) is 12.8 Å². The largest absolute Gasteiger partial charge is 0.356 e. The first-order chi connectivity index (χ1) is 13.6. The summed E-state index contributed by atoms with van der Waals surface area (Å²) >= 11 is 3.46. The highest BCUT2D eigenvalue weighted by Gasteiger charge is 2.25. The van der Waals surface area contributed by atoms with Crippen LogP contribution in [0.2, 0.25) is 0 Å². The van der Waals surface area contributed by atoms with Crippen molar-refractivity contribution in [2.75, 3.05) is 35.2 Å². The molecule has 1 saturated heterocycles. The van der Waals surface area contributed by atoms with Crippen LogP contribution in [0.1, 0.15) is 48.2 Å². The standard InChI is InChI=1S/C20H25BrN6O/c1-13-11-17-25-19(28)15-7-8-16(21)24-18(15)27-10-4-6-14(12-27)5-2-3-9-22-20(23-13)26-17/h7-8,11,14H,2-6,9-10,12H2,1H3,(H2,22,23,25,26,28). The van der Waals surface area contributed by atoms with Crippen molar-refractivity contribution in [3.8, 4) is 0 Å². The van der Waals surface area contributed by atoms with Gasteiger partial charge in [-0.05, 0) is 66.6 Å². The smallest absolute Gasteiger partial charge is 0.260 e. The number of rotatable bonds is 0. The number of piperidine rings is 1. The third-order valence-electron chi connectivity index (χ3n) is 5.32. The van der Waals surface area contributed by atoms with Gasteiger partial charge in [0.15, 0.2) is 0 Å². The number of nitrogens with zero attached hydrogens (tertiary/aromatic N) is 4. The first-order valence-electron chi connectivity index (χ1n) is 9.91. The zero-order valence-corrected chi connectivity index (χ0v) is 17.6. The number of aromatic nitrogens is 3. The Labute approximate surface area is 173 Å². The number of hydrogen-bond donors (Lipinski definition) is 2. The van der Waals surface area contributed by atoms with Gasteiger partial charge in [-0.3, -0.25) is 4.79 Å². The fourth-order valence-corrected chi connectivity index (χ4v) is 4.29. The average Bonchev–Trinajstić information content (AvgIpc) is 2.67. The number of nitrogens with one attached hydrogen (secondary N) is 2. The summed E-state index contributed by atoms with van der Waals surface area (Å²) in [5, 5.41) is 6.22. The van der Waals surface area contributed by atoms with E-state index >= 15 is 0 Å². The molecular formula is C20H25BrN6O. The molecule has 2 N–H and O–H groups in total. The molecule has 1 amide bonds. The zero-order valence-electron chi connectivity index (χ0n) is 16.0. The van der Waals surface area contributed by atoms with E-state index in [1.165, 1.54) is 19.3 Å². The molecule has 1 fully saturated rings. The number of carbonyl (C=O) groups is 1. The van der Waals surface area contributed by atoms with Crippen LogP contribution in [-0.4, -0.2) is 40.5 Å². The second-order valence-corrected chi connectivity index (χ2v) is 8.37. The van der Waals surface area contributed by atoms with E-state index < -0.39 is 0 Å². The third kappa shape index (κ3) is 4.43. The highest BCUT2D eigenvalue weighted by Crippen LogP contribution is 2.29. The number of fused-ring (bicyclic) bond motifs is 6. The lowest BCUT2D eigenvalue weighted by atomic mass is 9.92. The maximum absolute atomic E-state index is 13.1. The summed E-state index contributed by atoms with van der Waals surface area (Å²) in [7, 11) is 0. The number of amides is 1. The summed E-state index contributed by atoms with van der Waals surface area (Å²) in [5.74, 6) is 2.24. The predicted molar refractivity (Wildman–Crippen MR) is 114 cm³/mol. The summed E-state index contributed by atoms with van der Waals surface area (Å²) in [6.45, 7) is 4.61. The van der Waals surface area contributed by atoms with Gasteiger partial charge in [0.1, 0.15) is 16.2 Å². The van der Waals surface area contributed by atoms with Crippen molar-refractivity contribution in [1.82, 2.24) is 15.0 Å². The first kappa shape index (κ1) is 19.1. The highest BCUT2D eigenvalue weighted by atomic mass is 79.9. The molecule has 2 aliphatic rings. The number of halogens is 1. The Balaban J connectivity index is 1.71. The van der Waals surface area contributed by atoms with Crippen molar-refractivity contribution in [2.24, 2.45) is 5.92 Å². The monoisotopic (exact) mass is 444 g/mol. The molecule has 4 bridgehead atoms. The second-order valence-electron chi connectivity index (χ2n) is 7.55. The Kier molecular flexibility index (Phi) is 5.75. The normalized spacial score (nSPS) is 20.3. The summed E-state index contributed by atoms with van der Waals surface area (Å²) in [6.07, 6.45) is 5.80. The van der Waals surface area contributed by atoms with E-state index in [0.29, 0.717) is 23.2 Å². The molecule has 2 aromatic heterocycles. The van der Waals surface area contributed by atoms with Gasteiger partial charge in [0.05, 0.1) is 5.56 Å². The van der Waals surface area contributed by atoms with E-state index in [2.05, 4.69) is 46.4 Å². The highest BCUT2D eigenvalue weighted by molar-refractivity contribution is 9.10. The van der Waals surface area contributed by atoms with Crippen LogP contribution >= 0.6 is 15.9 Å². The molecule has 0 radical (unpaired) electrons. The predicted octanol–water partition coefficient (Wildman–Crippen LogP) is 4.01. The van der Waals surface area contributed by atoms with Gasteiger partial charge in [-0.15, -0.1) is 0 Å². The molecule has 0 aromatic carbocycles. The topological polar surface area (TPSA) is 83.0 Å². The fourth-order valence-electron chi connectivity index (χ4n) is 3.99. The molecule has 1 unspecified atom stereocenters. The van der Waals surface area contributed by atoms with Crippen molar-refractivity contribution in [1.29, 1.82) is 0 Å². The van der Waals surface area contributed by atoms with Crippen molar-refractivity contribution in [3.05, 3.63) is 34.1 Å². The van der Waals surface area contributed by atoms with Crippen molar-refractivity contribution in [3.63, 3.8) is 0 Å². The molecule has 0 aliphatic carbocycles. The van der Waals surface area contributed by atoms with Gasteiger partial charge in [0.25, 0.3) is 5.91 Å². The van der Waals surface area contributed by atoms with Crippen LogP contribution < -0.4 is 15.5 Å². The first-order valence-corrected chi connectivity index (χ1v) is 10.7. The summed E-state index contributed by atoms with van der Waals surface area (Å²) in [4.78, 5) is 28.9. The summed E-state index contributed by atoms with van der Waals surface area (Å²) < 4.78 is 0.739. The Bertz CT molecular complexity index is 874. The number of hydrogen-bond acceptors (Lipinski definition) is 6. The summed E-state index contributed by atoms with van der Waals surface area (Å²) in [5.41, 5.74) is 1.38. The van der Waals surface area contributed by atoms with Gasteiger partial charge < -0.3 is 15.5 Å². The molecule has 7 nitrogen and oxygen atoms in total. The number of aryl methyl sites for hydroxylation is 1. The molecule has 2 aromatic rings. The molecule has 148 valence electrons. The van der Waals surface area contributed by atoms with Crippen LogP contribution in [0.4, 0.5) is 17.6 Å². The number of anilines is 3. The Morgan fingerprint density at radius 3 is 2.89 bits per heavy atom. The number of carbonyl (C=O) groups excluding carboxylic acids is 1. The lowest BCUT2D eigenvalue weighted by molar-refractivity contribution is 0.102. The molecule has 28 heavy (non-hydrogen) atoms. The molecule has 1 atom stereocenters. The minimum Gasteiger partial charge on any atom is -0.356 e. The van der Waals surface area contributed by atoms with Gasteiger partial charge >= 0.3 is 0 Å². The SMILES string of the molecule is Cc1cc2nc(n1)NCCCCC1CCCN(C1)c1nc(Br)ccc1C(=O)N2.